The number of carbonyl (C=O) groups excluding carboxylic acids is 5. The van der Waals surface area contributed by atoms with Crippen molar-refractivity contribution >= 4 is 45.4 Å². The molecule has 4 N–H and O–H groups in total. The number of rotatable bonds is 11. The highest BCUT2D eigenvalue weighted by molar-refractivity contribution is 7.91. The van der Waals surface area contributed by atoms with Crippen molar-refractivity contribution in [1.82, 2.24) is 30.1 Å². The fourth-order valence-electron chi connectivity index (χ4n) is 8.17. The first-order valence-electron chi connectivity index (χ1n) is 19.8. The maximum atomic E-state index is 14.8. The van der Waals surface area contributed by atoms with E-state index in [0.29, 0.717) is 67.8 Å². The van der Waals surface area contributed by atoms with Gasteiger partial charge in [-0.2, -0.15) is 0 Å². The van der Waals surface area contributed by atoms with Crippen molar-refractivity contribution < 1.29 is 41.5 Å². The third-order valence-electron chi connectivity index (χ3n) is 11.8. The lowest BCUT2D eigenvalue weighted by molar-refractivity contribution is -0.141. The van der Waals surface area contributed by atoms with Crippen molar-refractivity contribution in [3.8, 4) is 0 Å². The molecule has 3 aliphatic heterocycles. The zero-order valence-electron chi connectivity index (χ0n) is 32.8. The van der Waals surface area contributed by atoms with Gasteiger partial charge in [0.05, 0.1) is 18.3 Å². The van der Waals surface area contributed by atoms with Crippen LogP contribution < -0.4 is 20.7 Å². The molecule has 2 aromatic carbocycles. The second kappa shape index (κ2) is 15.5. The van der Waals surface area contributed by atoms with Crippen molar-refractivity contribution in [3.63, 3.8) is 0 Å². The van der Waals surface area contributed by atoms with Gasteiger partial charge in [-0.1, -0.05) is 52.3 Å². The van der Waals surface area contributed by atoms with Crippen LogP contribution in [0.15, 0.2) is 42.5 Å². The summed E-state index contributed by atoms with van der Waals surface area (Å²) in [5.74, 6) is -2.84. The molecule has 15 nitrogen and oxygen atoms in total. The highest BCUT2D eigenvalue weighted by atomic mass is 32.2. The summed E-state index contributed by atoms with van der Waals surface area (Å²) in [6.45, 7) is 9.95. The molecule has 5 aliphatic rings. The summed E-state index contributed by atoms with van der Waals surface area (Å²) in [6.07, 6.45) is -0.133. The number of nitrogens with one attached hydrogen (secondary N) is 4. The minimum Gasteiger partial charge on any atom is -0.444 e. The molecule has 0 radical (unpaired) electrons. The van der Waals surface area contributed by atoms with E-state index >= 15 is 0 Å². The second-order valence-electron chi connectivity index (χ2n) is 17.0. The minimum absolute atomic E-state index is 0.00611. The number of anilines is 1. The smallest absolute Gasteiger partial charge is 0.410 e. The SMILES string of the molecule is CC[C@@H]1C[C@]1(NC(=O)[C@@H]1C[C@@H](OC(=O)N2Cc3cccc(F)c3C2)CN1C(=O)[C@@H](Nc1cccc(C(=O)N2CCNCC2)c1)C(C)(C)C)C(=O)NS(=O)(=O)C1CC1. The van der Waals surface area contributed by atoms with E-state index in [1.165, 1.54) is 15.9 Å². The molecule has 5 atom stereocenters. The number of benzene rings is 2. The average molecular weight is 810 g/mol. The van der Waals surface area contributed by atoms with Gasteiger partial charge in [0, 0.05) is 56.0 Å². The molecule has 0 unspecified atom stereocenters. The number of piperazine rings is 1. The molecule has 2 aromatic rings. The molecule has 0 aromatic heterocycles. The van der Waals surface area contributed by atoms with Crippen molar-refractivity contribution in [2.24, 2.45) is 11.3 Å². The van der Waals surface area contributed by atoms with Crippen LogP contribution >= 0.6 is 0 Å². The van der Waals surface area contributed by atoms with Crippen LogP contribution in [0.4, 0.5) is 14.9 Å². The van der Waals surface area contributed by atoms with Gasteiger partial charge < -0.3 is 30.5 Å². The monoisotopic (exact) mass is 809 g/mol. The number of hydrogen-bond acceptors (Lipinski definition) is 10. The summed E-state index contributed by atoms with van der Waals surface area (Å²) < 4.78 is 48.1. The number of fused-ring (bicyclic) bond motifs is 1. The Labute approximate surface area is 332 Å². The number of nitrogens with zero attached hydrogens (tertiary/aromatic N) is 3. The van der Waals surface area contributed by atoms with Crippen LogP contribution in [0.3, 0.4) is 0 Å². The van der Waals surface area contributed by atoms with Crippen LogP contribution in [-0.2, 0) is 42.2 Å². The Kier molecular flexibility index (Phi) is 11.0. The summed E-state index contributed by atoms with van der Waals surface area (Å²) in [6, 6.07) is 9.42. The Bertz CT molecular complexity index is 2050. The number of halogens is 1. The molecule has 5 amide bonds. The highest BCUT2D eigenvalue weighted by Crippen LogP contribution is 2.47. The maximum absolute atomic E-state index is 14.8. The highest BCUT2D eigenvalue weighted by Gasteiger charge is 2.62. The largest absolute Gasteiger partial charge is 0.444 e. The lowest BCUT2D eigenvalue weighted by Gasteiger charge is -2.36. The summed E-state index contributed by atoms with van der Waals surface area (Å²) >= 11 is 0. The molecule has 2 aliphatic carbocycles. The molecule has 4 fully saturated rings. The number of ether oxygens (including phenoxy) is 1. The third kappa shape index (κ3) is 8.45. The Morgan fingerprint density at radius 3 is 2.39 bits per heavy atom. The molecule has 0 spiro atoms. The van der Waals surface area contributed by atoms with Crippen molar-refractivity contribution in [3.05, 3.63) is 65.0 Å². The van der Waals surface area contributed by atoms with E-state index in [1.807, 2.05) is 27.7 Å². The molecule has 57 heavy (non-hydrogen) atoms. The lowest BCUT2D eigenvalue weighted by atomic mass is 9.85. The Hall–Kier alpha value is -4.77. The molecule has 2 saturated carbocycles. The van der Waals surface area contributed by atoms with E-state index in [4.69, 9.17) is 4.74 Å². The summed E-state index contributed by atoms with van der Waals surface area (Å²) in [5, 5.41) is 8.74. The van der Waals surface area contributed by atoms with E-state index in [1.54, 1.807) is 41.3 Å². The van der Waals surface area contributed by atoms with Gasteiger partial charge in [-0.15, -0.1) is 0 Å². The topological polar surface area (TPSA) is 187 Å². The molecular weight excluding hydrogens is 758 g/mol. The van der Waals surface area contributed by atoms with Gasteiger partial charge >= 0.3 is 6.09 Å². The van der Waals surface area contributed by atoms with Gasteiger partial charge in [0.15, 0.2) is 0 Å². The van der Waals surface area contributed by atoms with E-state index in [0.717, 1.165) is 0 Å². The fourth-order valence-corrected chi connectivity index (χ4v) is 9.54. The van der Waals surface area contributed by atoms with Crippen LogP contribution in [-0.4, -0.2) is 115 Å². The molecule has 7 rings (SSSR count). The van der Waals surface area contributed by atoms with Crippen molar-refractivity contribution in [2.75, 3.05) is 38.0 Å². The Morgan fingerprint density at radius 2 is 1.74 bits per heavy atom. The minimum atomic E-state index is -3.90. The van der Waals surface area contributed by atoms with Crippen molar-refractivity contribution in [1.29, 1.82) is 0 Å². The Balaban J connectivity index is 1.13. The van der Waals surface area contributed by atoms with E-state index in [2.05, 4.69) is 20.7 Å². The van der Waals surface area contributed by atoms with Crippen LogP contribution in [0.25, 0.3) is 0 Å². The first-order valence-corrected chi connectivity index (χ1v) is 21.3. The standard InChI is InChI=1S/C40H52FN7O8S/c1-5-26-20-40(26,37(52)45-57(54,55)29-12-13-29)44-34(49)32-19-28(56-38(53)47-21-25-9-7-11-31(41)30(25)23-47)22-48(32)36(51)33(39(2,3)4)43-27-10-6-8-24(18-27)35(50)46-16-14-42-15-17-46/h6-11,18,26,28-29,32-33,42-43H,5,12-17,19-23H2,1-4H3,(H,44,49)(H,45,52)/t26-,28-,32+,33-,40-/m1/s1. The molecule has 308 valence electrons. The van der Waals surface area contributed by atoms with Crippen LogP contribution in [0.1, 0.15) is 81.3 Å². The zero-order valence-corrected chi connectivity index (χ0v) is 33.6. The molecule has 2 saturated heterocycles. The fraction of sp³-hybridized carbons (Fsp3) is 0.575. The van der Waals surface area contributed by atoms with Gasteiger partial charge in [-0.05, 0) is 60.4 Å². The first-order chi connectivity index (χ1) is 27.0. The predicted octanol–water partition coefficient (Wildman–Crippen LogP) is 2.71. The van der Waals surface area contributed by atoms with Crippen LogP contribution in [0, 0.1) is 17.2 Å². The quantitative estimate of drug-likeness (QED) is 0.263. The summed E-state index contributed by atoms with van der Waals surface area (Å²) in [7, 11) is -3.90. The van der Waals surface area contributed by atoms with Gasteiger partial charge in [0.25, 0.3) is 11.8 Å². The number of likely N-dealkylation sites (tertiary alicyclic amines) is 1. The first kappa shape index (κ1) is 40.4. The third-order valence-corrected chi connectivity index (χ3v) is 13.6. The van der Waals surface area contributed by atoms with Gasteiger partial charge in [0.1, 0.15) is 29.5 Å². The number of carbonyl (C=O) groups is 5. The van der Waals surface area contributed by atoms with Crippen molar-refractivity contribution in [2.45, 2.75) is 102 Å². The number of sulfonamides is 1. The van der Waals surface area contributed by atoms with Gasteiger partial charge in [-0.3, -0.25) is 28.8 Å². The average Bonchev–Trinajstić information content (AvgIpc) is 4.07. The van der Waals surface area contributed by atoms with Gasteiger partial charge in [-0.25, -0.2) is 17.6 Å². The summed E-state index contributed by atoms with van der Waals surface area (Å²) in [4.78, 5) is 74.1. The van der Waals surface area contributed by atoms with E-state index in [-0.39, 0.29) is 44.3 Å². The van der Waals surface area contributed by atoms with E-state index in [9.17, 15) is 36.8 Å². The second-order valence-corrected chi connectivity index (χ2v) is 19.0. The van der Waals surface area contributed by atoms with Crippen LogP contribution in [0.2, 0.25) is 0 Å². The predicted molar refractivity (Wildman–Crippen MR) is 207 cm³/mol. The lowest BCUT2D eigenvalue weighted by Crippen LogP contribution is -2.58. The molecule has 3 heterocycles. The van der Waals surface area contributed by atoms with E-state index < -0.39 is 74.0 Å². The van der Waals surface area contributed by atoms with Gasteiger partial charge in [0.2, 0.25) is 21.8 Å². The molecular formula is C40H52FN7O8S. The van der Waals surface area contributed by atoms with Crippen LogP contribution in [0.5, 0.6) is 0 Å². The number of amides is 5. The zero-order chi connectivity index (χ0) is 40.9. The number of hydrogen-bond donors (Lipinski definition) is 4. The Morgan fingerprint density at radius 1 is 1.02 bits per heavy atom. The normalized spacial score (nSPS) is 25.0. The maximum Gasteiger partial charge on any atom is 0.410 e. The molecule has 17 heteroatoms. The molecule has 0 bridgehead atoms. The summed E-state index contributed by atoms with van der Waals surface area (Å²) in [5.41, 5.74) is -0.189.